The van der Waals surface area contributed by atoms with Crippen LogP contribution in [0.4, 0.5) is 11.4 Å². The van der Waals surface area contributed by atoms with Crippen LogP contribution in [-0.4, -0.2) is 47.7 Å². The molecule has 7 rings (SSSR count). The van der Waals surface area contributed by atoms with Crippen molar-refractivity contribution in [2.24, 2.45) is 29.1 Å². The van der Waals surface area contributed by atoms with Crippen molar-refractivity contribution in [3.63, 3.8) is 0 Å². The molecule has 1 saturated carbocycles. The van der Waals surface area contributed by atoms with Gasteiger partial charge < -0.3 is 9.84 Å². The van der Waals surface area contributed by atoms with Crippen molar-refractivity contribution in [2.45, 2.75) is 32.6 Å². The molecule has 2 saturated heterocycles. The molecule has 0 bridgehead atoms. The molecule has 2 aliphatic heterocycles. The van der Waals surface area contributed by atoms with E-state index in [4.69, 9.17) is 4.74 Å². The quantitative estimate of drug-likeness (QED) is 0.232. The third-order valence-electron chi connectivity index (χ3n) is 10.4. The maximum Gasteiger partial charge on any atom is 0.241 e. The van der Waals surface area contributed by atoms with Crippen LogP contribution in [0.15, 0.2) is 90.5 Å². The maximum absolute atomic E-state index is 14.6. The molecule has 0 spiro atoms. The first-order chi connectivity index (χ1) is 22.2. The molecule has 234 valence electrons. The smallest absolute Gasteiger partial charge is 0.241 e. The Bertz CT molecular complexity index is 1800. The van der Waals surface area contributed by atoms with Gasteiger partial charge in [0, 0.05) is 17.0 Å². The molecule has 6 atom stereocenters. The molecule has 3 aromatic carbocycles. The van der Waals surface area contributed by atoms with Gasteiger partial charge in [-0.25, -0.2) is 4.90 Å². The largest absolute Gasteiger partial charge is 0.491 e. The van der Waals surface area contributed by atoms with Crippen LogP contribution >= 0.6 is 0 Å². The Kier molecular flexibility index (Phi) is 7.24. The number of imide groups is 2. The standard InChI is InChI=1S/C37H34N2O7/c1-21(41)22-12-14-24(15-13-22)38-33(42)27-17-16-25-28(31(27)35(38)44)20-29-34(43)39(23-8-4-3-5-9-23)36(45)37(29,2)32(25)26-10-6-7-11-30(26)46-19-18-40/h3-16,27-29,31-32,40H,17-20H2,1-2H3. The van der Waals surface area contributed by atoms with Crippen LogP contribution < -0.4 is 14.5 Å². The summed E-state index contributed by atoms with van der Waals surface area (Å²) in [7, 11) is 0. The molecule has 0 aromatic heterocycles. The number of amides is 4. The number of hydrogen-bond donors (Lipinski definition) is 1. The monoisotopic (exact) mass is 618 g/mol. The molecule has 2 aliphatic carbocycles. The molecule has 4 amide bonds. The molecule has 6 unspecified atom stereocenters. The topological polar surface area (TPSA) is 121 Å². The number of ether oxygens (including phenoxy) is 1. The van der Waals surface area contributed by atoms with Crippen LogP contribution in [0.3, 0.4) is 0 Å². The van der Waals surface area contributed by atoms with E-state index in [1.54, 1.807) is 54.6 Å². The number of Topliss-reactive ketones (excluding diaryl/α,β-unsaturated/α-hetero) is 1. The average molecular weight is 619 g/mol. The van der Waals surface area contributed by atoms with E-state index in [2.05, 4.69) is 0 Å². The van der Waals surface area contributed by atoms with Crippen molar-refractivity contribution in [3.8, 4) is 5.75 Å². The van der Waals surface area contributed by atoms with Crippen molar-refractivity contribution >= 4 is 40.8 Å². The van der Waals surface area contributed by atoms with E-state index in [-0.39, 0.29) is 49.0 Å². The van der Waals surface area contributed by atoms with Gasteiger partial charge in [-0.1, -0.05) is 48.0 Å². The lowest BCUT2D eigenvalue weighted by Gasteiger charge is -2.49. The number of allylic oxidation sites excluding steroid dienone is 2. The number of fused-ring (bicyclic) bond motifs is 4. The number of ketones is 1. The normalized spacial score (nSPS) is 28.5. The summed E-state index contributed by atoms with van der Waals surface area (Å²) < 4.78 is 5.97. The predicted octanol–water partition coefficient (Wildman–Crippen LogP) is 4.70. The van der Waals surface area contributed by atoms with Gasteiger partial charge in [0.1, 0.15) is 12.4 Å². The zero-order chi connectivity index (χ0) is 32.3. The Labute approximate surface area is 266 Å². The summed E-state index contributed by atoms with van der Waals surface area (Å²) in [5, 5.41) is 9.54. The van der Waals surface area contributed by atoms with Crippen molar-refractivity contribution in [1.82, 2.24) is 0 Å². The highest BCUT2D eigenvalue weighted by molar-refractivity contribution is 6.25. The van der Waals surface area contributed by atoms with Crippen LogP contribution in [0.1, 0.15) is 48.5 Å². The minimum absolute atomic E-state index is 0.0461. The molecular formula is C37H34N2O7. The fourth-order valence-electron chi connectivity index (χ4n) is 8.29. The number of hydrogen-bond acceptors (Lipinski definition) is 7. The Morgan fingerprint density at radius 2 is 1.52 bits per heavy atom. The van der Waals surface area contributed by atoms with Crippen molar-refractivity contribution in [1.29, 1.82) is 0 Å². The molecule has 9 heteroatoms. The minimum Gasteiger partial charge on any atom is -0.491 e. The van der Waals surface area contributed by atoms with E-state index in [1.165, 1.54) is 16.7 Å². The van der Waals surface area contributed by atoms with Gasteiger partial charge in [-0.05, 0) is 75.1 Å². The molecule has 9 nitrogen and oxygen atoms in total. The number of rotatable bonds is 7. The molecular weight excluding hydrogens is 584 g/mol. The number of aliphatic hydroxyl groups excluding tert-OH is 1. The summed E-state index contributed by atoms with van der Waals surface area (Å²) in [4.78, 5) is 71.3. The number of carbonyl (C=O) groups excluding carboxylic acids is 5. The van der Waals surface area contributed by atoms with Gasteiger partial charge >= 0.3 is 0 Å². The van der Waals surface area contributed by atoms with Gasteiger partial charge in [0.15, 0.2) is 5.78 Å². The first kappa shape index (κ1) is 29.8. The van der Waals surface area contributed by atoms with Gasteiger partial charge in [0.05, 0.1) is 41.2 Å². The maximum atomic E-state index is 14.6. The first-order valence-corrected chi connectivity index (χ1v) is 15.6. The van der Waals surface area contributed by atoms with E-state index in [0.29, 0.717) is 34.7 Å². The summed E-state index contributed by atoms with van der Waals surface area (Å²) in [5.74, 6) is -4.11. The number of benzene rings is 3. The van der Waals surface area contributed by atoms with Crippen LogP contribution in [0, 0.1) is 29.1 Å². The third kappa shape index (κ3) is 4.29. The Morgan fingerprint density at radius 1 is 0.848 bits per heavy atom. The van der Waals surface area contributed by atoms with E-state index < -0.39 is 35.0 Å². The molecule has 2 heterocycles. The van der Waals surface area contributed by atoms with Gasteiger partial charge in [-0.2, -0.15) is 0 Å². The Balaban J connectivity index is 1.35. The Morgan fingerprint density at radius 3 is 2.22 bits per heavy atom. The summed E-state index contributed by atoms with van der Waals surface area (Å²) in [6.45, 7) is 3.14. The molecule has 46 heavy (non-hydrogen) atoms. The van der Waals surface area contributed by atoms with Crippen molar-refractivity contribution in [2.75, 3.05) is 23.0 Å². The minimum atomic E-state index is -1.20. The number of aliphatic hydroxyl groups is 1. The van der Waals surface area contributed by atoms with E-state index >= 15 is 0 Å². The summed E-state index contributed by atoms with van der Waals surface area (Å²) >= 11 is 0. The van der Waals surface area contributed by atoms with Crippen LogP contribution in [-0.2, 0) is 19.2 Å². The second kappa shape index (κ2) is 11.2. The van der Waals surface area contributed by atoms with E-state index in [9.17, 15) is 29.1 Å². The molecule has 3 fully saturated rings. The number of anilines is 2. The summed E-state index contributed by atoms with van der Waals surface area (Å²) in [6.07, 6.45) is 2.55. The first-order valence-electron chi connectivity index (χ1n) is 15.6. The lowest BCUT2D eigenvalue weighted by Crippen LogP contribution is -2.49. The van der Waals surface area contributed by atoms with Crippen molar-refractivity contribution < 1.29 is 33.8 Å². The number of nitrogens with zero attached hydrogens (tertiary/aromatic N) is 2. The van der Waals surface area contributed by atoms with E-state index in [0.717, 1.165) is 5.57 Å². The van der Waals surface area contributed by atoms with Gasteiger partial charge in [-0.3, -0.25) is 28.9 Å². The average Bonchev–Trinajstić information content (AvgIpc) is 3.43. The number of para-hydroxylation sites is 2. The lowest BCUT2D eigenvalue weighted by molar-refractivity contribution is -0.131. The second-order valence-electron chi connectivity index (χ2n) is 12.7. The van der Waals surface area contributed by atoms with Crippen LogP contribution in [0.25, 0.3) is 0 Å². The van der Waals surface area contributed by atoms with Crippen molar-refractivity contribution in [3.05, 3.63) is 102 Å². The second-order valence-corrected chi connectivity index (χ2v) is 12.7. The molecule has 4 aliphatic rings. The van der Waals surface area contributed by atoms with Gasteiger partial charge in [0.25, 0.3) is 0 Å². The van der Waals surface area contributed by atoms with Crippen LogP contribution in [0.2, 0.25) is 0 Å². The highest BCUT2D eigenvalue weighted by atomic mass is 16.5. The molecule has 3 aromatic rings. The lowest BCUT2D eigenvalue weighted by atomic mass is 9.51. The van der Waals surface area contributed by atoms with E-state index in [1.807, 2.05) is 37.3 Å². The van der Waals surface area contributed by atoms with Crippen LogP contribution in [0.5, 0.6) is 5.75 Å². The zero-order valence-electron chi connectivity index (χ0n) is 25.6. The SMILES string of the molecule is CC(=O)c1ccc(N2C(=O)C3CC=C4C(CC5C(=O)N(c6ccccc6)C(=O)C5(C)C4c4ccccc4OCCO)C3C2=O)cc1. The fourth-order valence-corrected chi connectivity index (χ4v) is 8.29. The Hall–Kier alpha value is -4.89. The predicted molar refractivity (Wildman–Crippen MR) is 169 cm³/mol. The molecule has 1 N–H and O–H groups in total. The van der Waals surface area contributed by atoms with Gasteiger partial charge in [-0.15, -0.1) is 0 Å². The fraction of sp³-hybridized carbons (Fsp3) is 0.324. The summed E-state index contributed by atoms with van der Waals surface area (Å²) in [5.41, 5.74) is 1.72. The van der Waals surface area contributed by atoms with Gasteiger partial charge in [0.2, 0.25) is 23.6 Å². The molecule has 0 radical (unpaired) electrons. The summed E-state index contributed by atoms with van der Waals surface area (Å²) in [6, 6.07) is 22.6. The highest BCUT2D eigenvalue weighted by Gasteiger charge is 2.68. The third-order valence-corrected chi connectivity index (χ3v) is 10.4. The number of carbonyl (C=O) groups is 5. The highest BCUT2D eigenvalue weighted by Crippen LogP contribution is 2.64. The zero-order valence-corrected chi connectivity index (χ0v) is 25.6.